The first-order chi connectivity index (χ1) is 11.1. The second kappa shape index (κ2) is 5.92. The van der Waals surface area contributed by atoms with Crippen LogP contribution >= 0.6 is 0 Å². The molecule has 3 rings (SSSR count). The van der Waals surface area contributed by atoms with E-state index >= 15 is 0 Å². The highest BCUT2D eigenvalue weighted by Crippen LogP contribution is 2.21. The van der Waals surface area contributed by atoms with E-state index in [4.69, 9.17) is 0 Å². The number of carbonyl (C=O) groups is 1. The predicted octanol–water partition coefficient (Wildman–Crippen LogP) is 3.44. The number of pyridine rings is 1. The standard InChI is InChI=1S/C17H11F2N3O/c1-11(14-4-3-13(18)8-15(14)19)17(23)12-2-5-16(21-9-12)22-7-6-20-10-22/h2-10H,1H2. The van der Waals surface area contributed by atoms with Crippen LogP contribution in [-0.2, 0) is 0 Å². The fraction of sp³-hybridized carbons (Fsp3) is 0. The fourth-order valence-corrected chi connectivity index (χ4v) is 2.10. The summed E-state index contributed by atoms with van der Waals surface area (Å²) in [5.74, 6) is -1.41. The lowest BCUT2D eigenvalue weighted by molar-refractivity contribution is 0.105. The van der Waals surface area contributed by atoms with E-state index in [1.807, 2.05) is 0 Å². The zero-order valence-electron chi connectivity index (χ0n) is 11.9. The molecule has 1 aromatic carbocycles. The summed E-state index contributed by atoms with van der Waals surface area (Å²) in [4.78, 5) is 20.4. The van der Waals surface area contributed by atoms with Gasteiger partial charge in [0.05, 0.1) is 0 Å². The SMILES string of the molecule is C=C(C(=O)c1ccc(-n2ccnc2)nc1)c1ccc(F)cc1F. The summed E-state index contributed by atoms with van der Waals surface area (Å²) < 4.78 is 28.4. The molecule has 0 unspecified atom stereocenters. The number of rotatable bonds is 4. The first-order valence-corrected chi connectivity index (χ1v) is 6.69. The summed E-state index contributed by atoms with van der Waals surface area (Å²) in [6.45, 7) is 3.61. The molecule has 2 aromatic heterocycles. The molecule has 114 valence electrons. The number of nitrogens with zero attached hydrogens (tertiary/aromatic N) is 3. The van der Waals surface area contributed by atoms with Gasteiger partial charge in [0.25, 0.3) is 0 Å². The summed E-state index contributed by atoms with van der Waals surface area (Å²) in [5, 5.41) is 0. The van der Waals surface area contributed by atoms with Crippen molar-refractivity contribution in [1.82, 2.24) is 14.5 Å². The summed E-state index contributed by atoms with van der Waals surface area (Å²) in [6.07, 6.45) is 6.29. The van der Waals surface area contributed by atoms with Crippen LogP contribution in [0.1, 0.15) is 15.9 Å². The molecule has 0 saturated heterocycles. The average molecular weight is 311 g/mol. The molecule has 6 heteroatoms. The Balaban J connectivity index is 1.86. The number of allylic oxidation sites excluding steroid dienone is 1. The normalized spacial score (nSPS) is 10.5. The van der Waals surface area contributed by atoms with Gasteiger partial charge in [0.15, 0.2) is 5.78 Å². The Hall–Kier alpha value is -3.15. The van der Waals surface area contributed by atoms with Crippen molar-refractivity contribution in [3.63, 3.8) is 0 Å². The number of aromatic nitrogens is 3. The van der Waals surface area contributed by atoms with Crippen LogP contribution in [-0.4, -0.2) is 20.3 Å². The molecule has 0 spiro atoms. The van der Waals surface area contributed by atoms with E-state index in [9.17, 15) is 13.6 Å². The van der Waals surface area contributed by atoms with Crippen molar-refractivity contribution >= 4 is 11.4 Å². The predicted molar refractivity (Wildman–Crippen MR) is 81.1 cm³/mol. The Bertz CT molecular complexity index is 871. The van der Waals surface area contributed by atoms with Crippen molar-refractivity contribution < 1.29 is 13.6 Å². The monoisotopic (exact) mass is 311 g/mol. The third-order valence-corrected chi connectivity index (χ3v) is 3.31. The van der Waals surface area contributed by atoms with Crippen molar-refractivity contribution in [2.75, 3.05) is 0 Å². The maximum atomic E-state index is 13.7. The van der Waals surface area contributed by atoms with Gasteiger partial charge < -0.3 is 0 Å². The minimum Gasteiger partial charge on any atom is -0.291 e. The molecule has 0 N–H and O–H groups in total. The Labute approximate surface area is 130 Å². The van der Waals surface area contributed by atoms with Gasteiger partial charge in [-0.2, -0.15) is 0 Å². The second-order valence-electron chi connectivity index (χ2n) is 4.81. The maximum Gasteiger partial charge on any atom is 0.194 e. The summed E-state index contributed by atoms with van der Waals surface area (Å²) in [7, 11) is 0. The molecule has 0 aliphatic rings. The zero-order valence-corrected chi connectivity index (χ0v) is 11.9. The quantitative estimate of drug-likeness (QED) is 0.548. The molecule has 2 heterocycles. The van der Waals surface area contributed by atoms with E-state index in [-0.39, 0.29) is 16.7 Å². The number of benzene rings is 1. The van der Waals surface area contributed by atoms with E-state index in [2.05, 4.69) is 16.5 Å². The van der Waals surface area contributed by atoms with Crippen molar-refractivity contribution in [1.29, 1.82) is 0 Å². The minimum atomic E-state index is -0.827. The Morgan fingerprint density at radius 1 is 1.17 bits per heavy atom. The smallest absolute Gasteiger partial charge is 0.194 e. The van der Waals surface area contributed by atoms with Gasteiger partial charge in [-0.15, -0.1) is 0 Å². The zero-order chi connectivity index (χ0) is 16.4. The Morgan fingerprint density at radius 2 is 2.00 bits per heavy atom. The van der Waals surface area contributed by atoms with Crippen molar-refractivity contribution in [3.05, 3.63) is 84.6 Å². The average Bonchev–Trinajstić information content (AvgIpc) is 3.08. The first kappa shape index (κ1) is 14.8. The van der Waals surface area contributed by atoms with Crippen LogP contribution in [0.25, 0.3) is 11.4 Å². The van der Waals surface area contributed by atoms with Crippen LogP contribution in [0.2, 0.25) is 0 Å². The molecule has 0 amide bonds. The third kappa shape index (κ3) is 2.91. The Morgan fingerprint density at radius 3 is 2.61 bits per heavy atom. The van der Waals surface area contributed by atoms with Gasteiger partial charge in [-0.25, -0.2) is 18.7 Å². The molecule has 0 aliphatic carbocycles. The van der Waals surface area contributed by atoms with Crippen LogP contribution in [0.3, 0.4) is 0 Å². The highest BCUT2D eigenvalue weighted by molar-refractivity contribution is 6.28. The maximum absolute atomic E-state index is 13.7. The molecule has 23 heavy (non-hydrogen) atoms. The van der Waals surface area contributed by atoms with Crippen LogP contribution in [0.4, 0.5) is 8.78 Å². The summed E-state index contributed by atoms with van der Waals surface area (Å²) >= 11 is 0. The number of Topliss-reactive ketones (excluding diaryl/α,β-unsaturated/α-hetero) is 1. The molecule has 0 fully saturated rings. The van der Waals surface area contributed by atoms with Crippen molar-refractivity contribution in [3.8, 4) is 5.82 Å². The van der Waals surface area contributed by atoms with Gasteiger partial charge in [-0.05, 0) is 24.3 Å². The van der Waals surface area contributed by atoms with Gasteiger partial charge in [0.1, 0.15) is 23.8 Å². The molecular weight excluding hydrogens is 300 g/mol. The number of imidazole rings is 1. The van der Waals surface area contributed by atoms with Crippen LogP contribution in [0, 0.1) is 11.6 Å². The molecule has 0 bridgehead atoms. The van der Waals surface area contributed by atoms with Crippen molar-refractivity contribution in [2.24, 2.45) is 0 Å². The lowest BCUT2D eigenvalue weighted by Gasteiger charge is -2.07. The molecule has 0 aliphatic heterocycles. The minimum absolute atomic E-state index is 0.0323. The van der Waals surface area contributed by atoms with Gasteiger partial charge in [0.2, 0.25) is 0 Å². The molecule has 0 radical (unpaired) electrons. The van der Waals surface area contributed by atoms with Gasteiger partial charge in [-0.1, -0.05) is 6.58 Å². The number of carbonyl (C=O) groups excluding carboxylic acids is 1. The van der Waals surface area contributed by atoms with E-state index in [0.29, 0.717) is 11.9 Å². The van der Waals surface area contributed by atoms with E-state index < -0.39 is 17.4 Å². The number of hydrogen-bond donors (Lipinski definition) is 0. The highest BCUT2D eigenvalue weighted by Gasteiger charge is 2.16. The lowest BCUT2D eigenvalue weighted by Crippen LogP contribution is -2.05. The first-order valence-electron chi connectivity index (χ1n) is 6.69. The lowest BCUT2D eigenvalue weighted by atomic mass is 9.99. The van der Waals surface area contributed by atoms with Crippen LogP contribution in [0.15, 0.2) is 61.8 Å². The van der Waals surface area contributed by atoms with Crippen molar-refractivity contribution in [2.45, 2.75) is 0 Å². The third-order valence-electron chi connectivity index (χ3n) is 3.31. The topological polar surface area (TPSA) is 47.8 Å². The number of halogens is 2. The van der Waals surface area contributed by atoms with Crippen LogP contribution in [0.5, 0.6) is 0 Å². The molecule has 4 nitrogen and oxygen atoms in total. The van der Waals surface area contributed by atoms with Gasteiger partial charge in [0, 0.05) is 41.4 Å². The summed E-state index contributed by atoms with van der Waals surface area (Å²) in [5.41, 5.74) is 0.178. The van der Waals surface area contributed by atoms with Gasteiger partial charge in [-0.3, -0.25) is 9.36 Å². The molecule has 3 aromatic rings. The summed E-state index contributed by atoms with van der Waals surface area (Å²) in [6, 6.07) is 6.20. The molecule has 0 saturated carbocycles. The van der Waals surface area contributed by atoms with Gasteiger partial charge >= 0.3 is 0 Å². The highest BCUT2D eigenvalue weighted by atomic mass is 19.1. The van der Waals surface area contributed by atoms with Crippen LogP contribution < -0.4 is 0 Å². The molecular formula is C17H11F2N3O. The van der Waals surface area contributed by atoms with E-state index in [0.717, 1.165) is 6.07 Å². The number of hydrogen-bond acceptors (Lipinski definition) is 3. The molecule has 0 atom stereocenters. The largest absolute Gasteiger partial charge is 0.291 e. The number of ketones is 1. The van der Waals surface area contributed by atoms with E-state index in [1.165, 1.54) is 12.3 Å². The fourth-order valence-electron chi connectivity index (χ4n) is 2.10. The second-order valence-corrected chi connectivity index (χ2v) is 4.81. The Kier molecular flexibility index (Phi) is 3.80. The van der Waals surface area contributed by atoms with E-state index in [1.54, 1.807) is 35.4 Å².